The van der Waals surface area contributed by atoms with Gasteiger partial charge >= 0.3 is 5.97 Å². The van der Waals surface area contributed by atoms with Crippen LogP contribution in [-0.4, -0.2) is 18.4 Å². The van der Waals surface area contributed by atoms with Crippen LogP contribution in [0.25, 0.3) is 0 Å². The van der Waals surface area contributed by atoms with Crippen molar-refractivity contribution in [2.24, 2.45) is 5.73 Å². The van der Waals surface area contributed by atoms with E-state index in [2.05, 4.69) is 0 Å². The van der Waals surface area contributed by atoms with Gasteiger partial charge in [0.05, 0.1) is 12.5 Å². The fraction of sp³-hybridized carbons (Fsp3) is 0.333. The van der Waals surface area contributed by atoms with Crippen molar-refractivity contribution in [2.75, 3.05) is 6.61 Å². The zero-order chi connectivity index (χ0) is 18.1. The van der Waals surface area contributed by atoms with Crippen molar-refractivity contribution >= 4 is 11.8 Å². The van der Waals surface area contributed by atoms with E-state index in [1.807, 2.05) is 0 Å². The molecule has 1 heterocycles. The van der Waals surface area contributed by atoms with Crippen LogP contribution in [0, 0.1) is 11.6 Å². The Hall–Kier alpha value is -2.70. The van der Waals surface area contributed by atoms with Crippen molar-refractivity contribution in [1.29, 1.82) is 0 Å². The third kappa shape index (κ3) is 3.01. The molecule has 0 saturated carbocycles. The van der Waals surface area contributed by atoms with Crippen LogP contribution in [0.5, 0.6) is 0 Å². The minimum atomic E-state index is -1.07. The Labute approximate surface area is 143 Å². The molecule has 0 unspecified atom stereocenters. The van der Waals surface area contributed by atoms with E-state index in [0.717, 1.165) is 6.07 Å². The van der Waals surface area contributed by atoms with Gasteiger partial charge in [-0.15, -0.1) is 0 Å². The monoisotopic (exact) mass is 349 g/mol. The predicted molar refractivity (Wildman–Crippen MR) is 83.9 cm³/mol. The summed E-state index contributed by atoms with van der Waals surface area (Å²) in [7, 11) is 0. The highest BCUT2D eigenvalue weighted by atomic mass is 19.1. The molecule has 1 aromatic rings. The molecule has 0 aromatic heterocycles. The molecule has 0 radical (unpaired) electrons. The summed E-state index contributed by atoms with van der Waals surface area (Å²) in [5, 5.41) is 0. The number of benzene rings is 1. The molecule has 1 atom stereocenters. The molecule has 0 amide bonds. The first-order valence-electron chi connectivity index (χ1n) is 7.99. The Morgan fingerprint density at radius 3 is 2.80 bits per heavy atom. The van der Waals surface area contributed by atoms with E-state index in [-0.39, 0.29) is 41.4 Å². The van der Waals surface area contributed by atoms with E-state index < -0.39 is 23.5 Å². The van der Waals surface area contributed by atoms with E-state index in [1.54, 1.807) is 6.92 Å². The molecule has 1 aromatic carbocycles. The first-order chi connectivity index (χ1) is 11.9. The lowest BCUT2D eigenvalue weighted by Crippen LogP contribution is -2.32. The molecule has 25 heavy (non-hydrogen) atoms. The third-order valence-electron chi connectivity index (χ3n) is 4.25. The van der Waals surface area contributed by atoms with Gasteiger partial charge in [0.25, 0.3) is 0 Å². The largest absolute Gasteiger partial charge is 0.462 e. The van der Waals surface area contributed by atoms with Gasteiger partial charge in [0.2, 0.25) is 5.88 Å². The molecule has 0 bridgehead atoms. The van der Waals surface area contributed by atoms with Crippen LogP contribution in [0.4, 0.5) is 8.78 Å². The van der Waals surface area contributed by atoms with Gasteiger partial charge in [0.15, 0.2) is 5.78 Å². The van der Waals surface area contributed by atoms with E-state index >= 15 is 0 Å². The summed E-state index contributed by atoms with van der Waals surface area (Å²) in [5.74, 6) is -3.63. The predicted octanol–water partition coefficient (Wildman–Crippen LogP) is 2.82. The molecule has 2 N–H and O–H groups in total. The lowest BCUT2D eigenvalue weighted by atomic mass is 9.77. The average Bonchev–Trinajstić information content (AvgIpc) is 2.54. The molecule has 132 valence electrons. The summed E-state index contributed by atoms with van der Waals surface area (Å²) in [6, 6.07) is 2.98. The van der Waals surface area contributed by atoms with Crippen molar-refractivity contribution < 1.29 is 27.8 Å². The van der Waals surface area contributed by atoms with Gasteiger partial charge in [-0.2, -0.15) is 0 Å². The molecule has 3 rings (SSSR count). The van der Waals surface area contributed by atoms with Crippen LogP contribution >= 0.6 is 0 Å². The summed E-state index contributed by atoms with van der Waals surface area (Å²) in [4.78, 5) is 24.9. The Balaban J connectivity index is 2.20. The topological polar surface area (TPSA) is 78.6 Å². The van der Waals surface area contributed by atoms with Crippen molar-refractivity contribution in [2.45, 2.75) is 32.1 Å². The smallest absolute Gasteiger partial charge is 0.340 e. The molecular formula is C18H17F2NO4. The number of ketones is 1. The zero-order valence-electron chi connectivity index (χ0n) is 13.6. The fourth-order valence-corrected chi connectivity index (χ4v) is 3.21. The molecule has 0 spiro atoms. The highest BCUT2D eigenvalue weighted by Gasteiger charge is 2.42. The van der Waals surface area contributed by atoms with Crippen LogP contribution in [0.15, 0.2) is 41.0 Å². The average molecular weight is 349 g/mol. The molecule has 5 nitrogen and oxygen atoms in total. The fourth-order valence-electron chi connectivity index (χ4n) is 3.21. The third-order valence-corrected chi connectivity index (χ3v) is 4.25. The highest BCUT2D eigenvalue weighted by Crippen LogP contribution is 2.44. The maximum atomic E-state index is 14.4. The Morgan fingerprint density at radius 2 is 2.12 bits per heavy atom. The van der Waals surface area contributed by atoms with E-state index in [1.165, 1.54) is 6.07 Å². The summed E-state index contributed by atoms with van der Waals surface area (Å²) in [6.45, 7) is 1.69. The number of Topliss-reactive ketones (excluding diaryl/α,β-unsaturated/α-hetero) is 1. The summed E-state index contributed by atoms with van der Waals surface area (Å²) in [6.07, 6.45) is 1.30. The molecule has 1 aliphatic carbocycles. The Kier molecular flexibility index (Phi) is 4.57. The number of halogens is 2. The second kappa shape index (κ2) is 6.66. The Morgan fingerprint density at radius 1 is 1.36 bits per heavy atom. The summed E-state index contributed by atoms with van der Waals surface area (Å²) >= 11 is 0. The standard InChI is InChI=1S/C18H17F2NO4/c1-2-24-18(23)16-14(10-7-6-9(19)8-11(10)20)15-12(22)4-3-5-13(15)25-17(16)21/h6-8,14H,2-5,21H2,1H3/t14-/m1/s1. The van der Waals surface area contributed by atoms with Gasteiger partial charge in [0.1, 0.15) is 23.0 Å². The maximum absolute atomic E-state index is 14.4. The summed E-state index contributed by atoms with van der Waals surface area (Å²) < 4.78 is 38.2. The normalized spacial score (nSPS) is 20.3. The number of carbonyl (C=O) groups is 2. The first kappa shape index (κ1) is 17.1. The van der Waals surface area contributed by atoms with Gasteiger partial charge in [-0.1, -0.05) is 6.07 Å². The van der Waals surface area contributed by atoms with Crippen LogP contribution < -0.4 is 5.73 Å². The van der Waals surface area contributed by atoms with Crippen molar-refractivity contribution in [1.82, 2.24) is 0 Å². The quantitative estimate of drug-likeness (QED) is 0.849. The lowest BCUT2D eigenvalue weighted by Gasteiger charge is -2.32. The van der Waals surface area contributed by atoms with Crippen LogP contribution in [0.3, 0.4) is 0 Å². The van der Waals surface area contributed by atoms with E-state index in [9.17, 15) is 18.4 Å². The van der Waals surface area contributed by atoms with E-state index in [4.69, 9.17) is 15.2 Å². The number of ether oxygens (including phenoxy) is 2. The molecule has 0 fully saturated rings. The number of nitrogens with two attached hydrogens (primary N) is 1. The second-order valence-electron chi connectivity index (χ2n) is 5.81. The minimum absolute atomic E-state index is 0.0153. The SMILES string of the molecule is CCOC(=O)C1=C(N)OC2=C(C(=O)CCC2)[C@H]1c1ccc(F)cc1F. The number of hydrogen-bond acceptors (Lipinski definition) is 5. The lowest BCUT2D eigenvalue weighted by molar-refractivity contribution is -0.139. The highest BCUT2D eigenvalue weighted by molar-refractivity contribution is 6.03. The molecule has 1 aliphatic heterocycles. The van der Waals surface area contributed by atoms with Crippen molar-refractivity contribution in [3.8, 4) is 0 Å². The van der Waals surface area contributed by atoms with Gasteiger partial charge in [-0.25, -0.2) is 13.6 Å². The van der Waals surface area contributed by atoms with Crippen molar-refractivity contribution in [3.63, 3.8) is 0 Å². The van der Waals surface area contributed by atoms with Gasteiger partial charge < -0.3 is 15.2 Å². The van der Waals surface area contributed by atoms with Gasteiger partial charge in [0, 0.05) is 30.0 Å². The number of allylic oxidation sites excluding steroid dienone is 2. The molecule has 0 saturated heterocycles. The number of esters is 1. The van der Waals surface area contributed by atoms with Crippen molar-refractivity contribution in [3.05, 3.63) is 58.2 Å². The number of rotatable bonds is 3. The number of hydrogen-bond donors (Lipinski definition) is 1. The van der Waals surface area contributed by atoms with Crippen LogP contribution in [0.2, 0.25) is 0 Å². The molecule has 2 aliphatic rings. The minimum Gasteiger partial charge on any atom is -0.462 e. The summed E-state index contributed by atoms with van der Waals surface area (Å²) in [5.41, 5.74) is 5.92. The second-order valence-corrected chi connectivity index (χ2v) is 5.81. The molecule has 7 heteroatoms. The van der Waals surface area contributed by atoms with Crippen LogP contribution in [0.1, 0.15) is 37.7 Å². The Bertz CT molecular complexity index is 813. The zero-order valence-corrected chi connectivity index (χ0v) is 13.6. The van der Waals surface area contributed by atoms with E-state index in [0.29, 0.717) is 24.7 Å². The van der Waals surface area contributed by atoms with Gasteiger partial charge in [-0.3, -0.25) is 4.79 Å². The molecular weight excluding hydrogens is 332 g/mol. The maximum Gasteiger partial charge on any atom is 0.340 e. The number of carbonyl (C=O) groups excluding carboxylic acids is 2. The van der Waals surface area contributed by atoms with Gasteiger partial charge in [-0.05, 0) is 19.4 Å². The first-order valence-corrected chi connectivity index (χ1v) is 7.99. The van der Waals surface area contributed by atoms with Crippen LogP contribution in [-0.2, 0) is 19.1 Å².